The summed E-state index contributed by atoms with van der Waals surface area (Å²) in [4.78, 5) is 18.0. The summed E-state index contributed by atoms with van der Waals surface area (Å²) in [6.45, 7) is 2.71. The van der Waals surface area contributed by atoms with Crippen molar-refractivity contribution in [3.8, 4) is 0 Å². The zero-order chi connectivity index (χ0) is 19.4. The highest BCUT2D eigenvalue weighted by molar-refractivity contribution is 7.89. The molecule has 27 heavy (non-hydrogen) atoms. The second-order valence-electron chi connectivity index (χ2n) is 6.31. The minimum Gasteiger partial charge on any atom is -0.331 e. The van der Waals surface area contributed by atoms with E-state index in [0.29, 0.717) is 0 Å². The molecule has 9 heteroatoms. The molecule has 0 aliphatic carbocycles. The third-order valence-corrected chi connectivity index (χ3v) is 6.38. The molecule has 2 aromatic rings. The molecule has 1 unspecified atom stereocenters. The van der Waals surface area contributed by atoms with Gasteiger partial charge in [0.05, 0.1) is 10.9 Å². The first-order chi connectivity index (χ1) is 12.9. The molecule has 0 saturated carbocycles. The highest BCUT2D eigenvalue weighted by Gasteiger charge is 2.30. The van der Waals surface area contributed by atoms with Crippen molar-refractivity contribution in [1.82, 2.24) is 19.5 Å². The van der Waals surface area contributed by atoms with Crippen molar-refractivity contribution in [3.05, 3.63) is 60.2 Å². The molecule has 0 spiro atoms. The largest absolute Gasteiger partial charge is 0.331 e. The van der Waals surface area contributed by atoms with Gasteiger partial charge >= 0.3 is 6.03 Å². The predicted octanol–water partition coefficient (Wildman–Crippen LogP) is 2.00. The van der Waals surface area contributed by atoms with Crippen LogP contribution in [0, 0.1) is 5.82 Å². The summed E-state index contributed by atoms with van der Waals surface area (Å²) >= 11 is 0. The topological polar surface area (TPSA) is 82.6 Å². The number of carbonyl (C=O) groups excluding carboxylic acids is 1. The number of halogens is 1. The van der Waals surface area contributed by atoms with Crippen LogP contribution in [0.25, 0.3) is 0 Å². The second-order valence-corrected chi connectivity index (χ2v) is 8.24. The second kappa shape index (κ2) is 8.01. The van der Waals surface area contributed by atoms with Crippen LogP contribution in [-0.2, 0) is 10.0 Å². The lowest BCUT2D eigenvalue weighted by Crippen LogP contribution is -2.53. The first kappa shape index (κ1) is 19.2. The minimum absolute atomic E-state index is 0.0781. The monoisotopic (exact) mass is 392 g/mol. The Morgan fingerprint density at radius 1 is 1.19 bits per heavy atom. The maximum atomic E-state index is 13.3. The summed E-state index contributed by atoms with van der Waals surface area (Å²) in [7, 11) is -3.77. The van der Waals surface area contributed by atoms with Crippen LogP contribution in [0.1, 0.15) is 18.5 Å². The molecule has 1 aromatic carbocycles. The highest BCUT2D eigenvalue weighted by Crippen LogP contribution is 2.19. The van der Waals surface area contributed by atoms with Gasteiger partial charge in [-0.3, -0.25) is 4.98 Å². The Bertz CT molecular complexity index is 900. The number of nitrogens with zero attached hydrogens (tertiary/aromatic N) is 3. The van der Waals surface area contributed by atoms with Gasteiger partial charge in [0, 0.05) is 38.6 Å². The number of benzene rings is 1. The van der Waals surface area contributed by atoms with Crippen LogP contribution in [0.5, 0.6) is 0 Å². The van der Waals surface area contributed by atoms with Crippen molar-refractivity contribution < 1.29 is 17.6 Å². The van der Waals surface area contributed by atoms with Gasteiger partial charge in [0.15, 0.2) is 0 Å². The molecule has 0 bridgehead atoms. The van der Waals surface area contributed by atoms with E-state index in [9.17, 15) is 17.6 Å². The van der Waals surface area contributed by atoms with Crippen LogP contribution < -0.4 is 5.32 Å². The van der Waals surface area contributed by atoms with E-state index in [2.05, 4.69) is 10.3 Å². The normalized spacial score (nSPS) is 16.7. The number of rotatable bonds is 4. The molecule has 1 N–H and O–H groups in total. The summed E-state index contributed by atoms with van der Waals surface area (Å²) in [6, 6.07) is 8.15. The number of pyridine rings is 1. The van der Waals surface area contributed by atoms with Gasteiger partial charge in [0.2, 0.25) is 10.0 Å². The summed E-state index contributed by atoms with van der Waals surface area (Å²) in [5.41, 5.74) is 0.887. The average molecular weight is 392 g/mol. The van der Waals surface area contributed by atoms with E-state index in [1.807, 2.05) is 13.0 Å². The molecule has 0 radical (unpaired) electrons. The lowest BCUT2D eigenvalue weighted by Gasteiger charge is -2.34. The summed E-state index contributed by atoms with van der Waals surface area (Å²) in [5.74, 6) is -0.599. The first-order valence-electron chi connectivity index (χ1n) is 8.59. The highest BCUT2D eigenvalue weighted by atomic mass is 32.2. The molecule has 2 amide bonds. The third kappa shape index (κ3) is 4.42. The van der Waals surface area contributed by atoms with Crippen molar-refractivity contribution in [2.75, 3.05) is 26.2 Å². The number of hydrogen-bond donors (Lipinski definition) is 1. The zero-order valence-electron chi connectivity index (χ0n) is 14.9. The van der Waals surface area contributed by atoms with Crippen molar-refractivity contribution in [1.29, 1.82) is 0 Å². The van der Waals surface area contributed by atoms with Crippen molar-refractivity contribution in [3.63, 3.8) is 0 Å². The van der Waals surface area contributed by atoms with Crippen LogP contribution in [0.3, 0.4) is 0 Å². The molecule has 144 valence electrons. The van der Waals surface area contributed by atoms with Gasteiger partial charge in [-0.15, -0.1) is 0 Å². The van der Waals surface area contributed by atoms with Crippen LogP contribution in [-0.4, -0.2) is 54.8 Å². The van der Waals surface area contributed by atoms with Gasteiger partial charge < -0.3 is 10.2 Å². The quantitative estimate of drug-likeness (QED) is 0.863. The maximum absolute atomic E-state index is 13.3. The molecule has 1 aliphatic heterocycles. The van der Waals surface area contributed by atoms with E-state index in [-0.39, 0.29) is 43.1 Å². The Hall–Kier alpha value is -2.52. The van der Waals surface area contributed by atoms with Crippen LogP contribution in [0.2, 0.25) is 0 Å². The van der Waals surface area contributed by atoms with Gasteiger partial charge in [-0.1, -0.05) is 12.1 Å². The minimum atomic E-state index is -3.77. The number of hydrogen-bond acceptors (Lipinski definition) is 4. The van der Waals surface area contributed by atoms with Crippen LogP contribution >= 0.6 is 0 Å². The number of aromatic nitrogens is 1. The van der Waals surface area contributed by atoms with E-state index in [1.54, 1.807) is 23.4 Å². The molecular formula is C18H21FN4O3S. The Balaban J connectivity index is 1.59. The molecule has 1 fully saturated rings. The molecule has 2 heterocycles. The number of sulfonamides is 1. The lowest BCUT2D eigenvalue weighted by molar-refractivity contribution is 0.169. The molecule has 1 aliphatic rings. The third-order valence-electron chi connectivity index (χ3n) is 4.48. The molecule has 3 rings (SSSR count). The van der Waals surface area contributed by atoms with E-state index in [1.165, 1.54) is 22.5 Å². The van der Waals surface area contributed by atoms with Gasteiger partial charge in [-0.25, -0.2) is 17.6 Å². The van der Waals surface area contributed by atoms with E-state index >= 15 is 0 Å². The predicted molar refractivity (Wildman–Crippen MR) is 97.9 cm³/mol. The number of piperazine rings is 1. The Labute approximate surface area is 157 Å². The Kier molecular flexibility index (Phi) is 5.71. The molecule has 7 nitrogen and oxygen atoms in total. The van der Waals surface area contributed by atoms with E-state index in [0.717, 1.165) is 11.6 Å². The standard InChI is InChI=1S/C18H21FN4O3S/c1-14(15-4-3-7-20-13-15)21-18(24)22-8-10-23(11-9-22)27(25,26)17-6-2-5-16(19)12-17/h2-7,12-14H,8-11H2,1H3,(H,21,24). The number of carbonyl (C=O) groups is 1. The number of urea groups is 1. The molecular weight excluding hydrogens is 371 g/mol. The van der Waals surface area contributed by atoms with Crippen LogP contribution in [0.15, 0.2) is 53.7 Å². The van der Waals surface area contributed by atoms with Crippen molar-refractivity contribution in [2.45, 2.75) is 17.9 Å². The average Bonchev–Trinajstić information content (AvgIpc) is 2.68. The van der Waals surface area contributed by atoms with Crippen molar-refractivity contribution >= 4 is 16.1 Å². The zero-order valence-corrected chi connectivity index (χ0v) is 15.7. The van der Waals surface area contributed by atoms with Crippen LogP contribution in [0.4, 0.5) is 9.18 Å². The molecule has 1 saturated heterocycles. The van der Waals surface area contributed by atoms with Gasteiger partial charge in [-0.2, -0.15) is 4.31 Å². The van der Waals surface area contributed by atoms with Crippen molar-refractivity contribution in [2.24, 2.45) is 0 Å². The smallest absolute Gasteiger partial charge is 0.317 e. The van der Waals surface area contributed by atoms with E-state index in [4.69, 9.17) is 0 Å². The van der Waals surface area contributed by atoms with E-state index < -0.39 is 15.8 Å². The first-order valence-corrected chi connectivity index (χ1v) is 10.0. The molecule has 1 aromatic heterocycles. The number of nitrogens with one attached hydrogen (secondary N) is 1. The van der Waals surface area contributed by atoms with Gasteiger partial charge in [-0.05, 0) is 36.8 Å². The fraction of sp³-hybridized carbons (Fsp3) is 0.333. The summed E-state index contributed by atoms with van der Waals surface area (Å²) in [6.07, 6.45) is 3.35. The summed E-state index contributed by atoms with van der Waals surface area (Å²) in [5, 5.41) is 2.89. The Morgan fingerprint density at radius 2 is 1.93 bits per heavy atom. The maximum Gasteiger partial charge on any atom is 0.317 e. The number of amides is 2. The van der Waals surface area contributed by atoms with Gasteiger partial charge in [0.1, 0.15) is 5.82 Å². The fourth-order valence-electron chi connectivity index (χ4n) is 2.90. The molecule has 1 atom stereocenters. The van der Waals surface area contributed by atoms with Gasteiger partial charge in [0.25, 0.3) is 0 Å². The SMILES string of the molecule is CC(NC(=O)N1CCN(S(=O)(=O)c2cccc(F)c2)CC1)c1cccnc1. The fourth-order valence-corrected chi connectivity index (χ4v) is 4.35. The Morgan fingerprint density at radius 3 is 2.56 bits per heavy atom. The lowest BCUT2D eigenvalue weighted by atomic mass is 10.1. The summed E-state index contributed by atoms with van der Waals surface area (Å²) < 4.78 is 39.8.